The highest BCUT2D eigenvalue weighted by Crippen LogP contribution is 2.42. The Morgan fingerprint density at radius 1 is 1.03 bits per heavy atom. The first-order chi connectivity index (χ1) is 14.8. The molecule has 1 amide bonds. The largest absolute Gasteiger partial charge is 0.417 e. The SMILES string of the molecule is N#Cc1ccc(C2C[C@@H](C(=O)Nc3ccc(F)c(F)c3)N[C@H]2C(F)(F)F)cc1C(F)(F)F. The van der Waals surface area contributed by atoms with Crippen molar-refractivity contribution in [1.82, 2.24) is 5.32 Å². The zero-order chi connectivity index (χ0) is 23.8. The van der Waals surface area contributed by atoms with Crippen molar-refractivity contribution in [3.63, 3.8) is 0 Å². The molecule has 2 aromatic rings. The number of nitrogens with one attached hydrogen (secondary N) is 2. The van der Waals surface area contributed by atoms with E-state index >= 15 is 0 Å². The summed E-state index contributed by atoms with van der Waals surface area (Å²) >= 11 is 0. The highest BCUT2D eigenvalue weighted by Gasteiger charge is 2.52. The normalized spacial score (nSPS) is 21.3. The van der Waals surface area contributed by atoms with Crippen molar-refractivity contribution in [3.05, 3.63) is 64.7 Å². The van der Waals surface area contributed by atoms with Crippen LogP contribution in [0.25, 0.3) is 0 Å². The minimum atomic E-state index is -4.97. The minimum Gasteiger partial charge on any atom is -0.325 e. The summed E-state index contributed by atoms with van der Waals surface area (Å²) < 4.78 is 107. The van der Waals surface area contributed by atoms with Gasteiger partial charge in [-0.3, -0.25) is 10.1 Å². The zero-order valence-corrected chi connectivity index (χ0v) is 15.8. The van der Waals surface area contributed by atoms with Crippen LogP contribution in [0.1, 0.15) is 29.0 Å². The van der Waals surface area contributed by atoms with Crippen molar-refractivity contribution < 1.29 is 39.9 Å². The Morgan fingerprint density at radius 2 is 1.72 bits per heavy atom. The summed E-state index contributed by atoms with van der Waals surface area (Å²) in [6.45, 7) is 0. The molecular weight excluding hydrogens is 450 g/mol. The van der Waals surface area contributed by atoms with Crippen molar-refractivity contribution in [3.8, 4) is 6.07 Å². The van der Waals surface area contributed by atoms with Gasteiger partial charge in [-0.2, -0.15) is 31.6 Å². The molecule has 3 rings (SSSR count). The predicted octanol–water partition coefficient (Wildman–Crippen LogP) is 4.87. The van der Waals surface area contributed by atoms with Gasteiger partial charge in [0.15, 0.2) is 11.6 Å². The van der Waals surface area contributed by atoms with Crippen LogP contribution < -0.4 is 10.6 Å². The lowest BCUT2D eigenvalue weighted by atomic mass is 9.88. The molecule has 1 aliphatic rings. The van der Waals surface area contributed by atoms with E-state index < -0.39 is 65.4 Å². The quantitative estimate of drug-likeness (QED) is 0.639. The number of carbonyl (C=O) groups is 1. The Morgan fingerprint density at radius 3 is 2.28 bits per heavy atom. The molecule has 1 unspecified atom stereocenters. The van der Waals surface area contributed by atoms with E-state index in [0.29, 0.717) is 18.2 Å². The van der Waals surface area contributed by atoms with E-state index in [2.05, 4.69) is 10.6 Å². The second-order valence-corrected chi connectivity index (χ2v) is 7.11. The van der Waals surface area contributed by atoms with Crippen molar-refractivity contribution >= 4 is 11.6 Å². The fourth-order valence-electron chi connectivity index (χ4n) is 3.55. The van der Waals surface area contributed by atoms with Crippen LogP contribution in [0.3, 0.4) is 0 Å². The first-order valence-electron chi connectivity index (χ1n) is 9.01. The van der Waals surface area contributed by atoms with Gasteiger partial charge in [0.25, 0.3) is 0 Å². The average molecular weight is 463 g/mol. The third kappa shape index (κ3) is 4.83. The molecule has 0 bridgehead atoms. The topological polar surface area (TPSA) is 64.9 Å². The van der Waals surface area contributed by atoms with E-state index in [0.717, 1.165) is 18.2 Å². The number of anilines is 1. The van der Waals surface area contributed by atoms with Gasteiger partial charge in [-0.15, -0.1) is 0 Å². The summed E-state index contributed by atoms with van der Waals surface area (Å²) in [6, 6.07) is 2.09. The number of rotatable bonds is 3. The maximum atomic E-state index is 13.6. The molecule has 0 aliphatic carbocycles. The number of alkyl halides is 6. The lowest BCUT2D eigenvalue weighted by Gasteiger charge is -2.23. The fourth-order valence-corrected chi connectivity index (χ4v) is 3.55. The van der Waals surface area contributed by atoms with E-state index in [9.17, 15) is 39.9 Å². The molecule has 0 aromatic heterocycles. The summed E-state index contributed by atoms with van der Waals surface area (Å²) in [5.74, 6) is -5.05. The molecule has 3 atom stereocenters. The number of hydrogen-bond acceptors (Lipinski definition) is 3. The van der Waals surface area contributed by atoms with Crippen LogP contribution in [-0.2, 0) is 11.0 Å². The summed E-state index contributed by atoms with van der Waals surface area (Å²) in [5.41, 5.74) is -2.69. The number of nitrogens with zero attached hydrogens (tertiary/aromatic N) is 1. The maximum Gasteiger partial charge on any atom is 0.417 e. The lowest BCUT2D eigenvalue weighted by Crippen LogP contribution is -2.46. The number of hydrogen-bond donors (Lipinski definition) is 2. The van der Waals surface area contributed by atoms with Crippen LogP contribution >= 0.6 is 0 Å². The molecule has 2 aromatic carbocycles. The summed E-state index contributed by atoms with van der Waals surface area (Å²) in [6.07, 6.45) is -10.4. The lowest BCUT2D eigenvalue weighted by molar-refractivity contribution is -0.156. The van der Waals surface area contributed by atoms with Gasteiger partial charge in [-0.1, -0.05) is 6.07 Å². The Kier molecular flexibility index (Phi) is 6.15. The van der Waals surface area contributed by atoms with Gasteiger partial charge in [0.05, 0.1) is 23.2 Å². The smallest absolute Gasteiger partial charge is 0.325 e. The van der Waals surface area contributed by atoms with E-state index in [1.165, 1.54) is 6.07 Å². The van der Waals surface area contributed by atoms with Gasteiger partial charge in [-0.05, 0) is 36.2 Å². The molecule has 4 nitrogen and oxygen atoms in total. The van der Waals surface area contributed by atoms with E-state index in [4.69, 9.17) is 5.26 Å². The van der Waals surface area contributed by atoms with E-state index in [-0.39, 0.29) is 11.3 Å². The molecular formula is C20H13F8N3O. The second kappa shape index (κ2) is 8.38. The van der Waals surface area contributed by atoms with Crippen LogP contribution in [0.2, 0.25) is 0 Å². The highest BCUT2D eigenvalue weighted by atomic mass is 19.4. The second-order valence-electron chi connectivity index (χ2n) is 7.11. The molecule has 1 fully saturated rings. The van der Waals surface area contributed by atoms with Crippen molar-refractivity contribution in [1.29, 1.82) is 5.26 Å². The first-order valence-corrected chi connectivity index (χ1v) is 9.01. The van der Waals surface area contributed by atoms with Gasteiger partial charge < -0.3 is 5.32 Å². The van der Waals surface area contributed by atoms with Crippen LogP contribution in [0.4, 0.5) is 40.8 Å². The monoisotopic (exact) mass is 463 g/mol. The fraction of sp³-hybridized carbons (Fsp3) is 0.300. The molecule has 1 aliphatic heterocycles. The molecule has 1 saturated heterocycles. The molecule has 2 N–H and O–H groups in total. The Bertz CT molecular complexity index is 1070. The van der Waals surface area contributed by atoms with Gasteiger partial charge >= 0.3 is 12.4 Å². The molecule has 12 heteroatoms. The maximum absolute atomic E-state index is 13.6. The molecule has 0 saturated carbocycles. The van der Waals surface area contributed by atoms with Gasteiger partial charge in [-0.25, -0.2) is 8.78 Å². The van der Waals surface area contributed by atoms with Crippen molar-refractivity contribution in [2.24, 2.45) is 0 Å². The number of nitriles is 1. The van der Waals surface area contributed by atoms with E-state index in [1.54, 1.807) is 0 Å². The van der Waals surface area contributed by atoms with Crippen LogP contribution in [0.5, 0.6) is 0 Å². The Balaban J connectivity index is 1.90. The number of carbonyl (C=O) groups excluding carboxylic acids is 1. The van der Waals surface area contributed by atoms with Crippen molar-refractivity contribution in [2.45, 2.75) is 36.8 Å². The first kappa shape index (κ1) is 23.5. The zero-order valence-electron chi connectivity index (χ0n) is 15.8. The average Bonchev–Trinajstić information content (AvgIpc) is 3.16. The third-order valence-corrected chi connectivity index (χ3v) is 5.03. The van der Waals surface area contributed by atoms with Crippen LogP contribution in [-0.4, -0.2) is 24.2 Å². The summed E-state index contributed by atoms with van der Waals surface area (Å²) in [7, 11) is 0. The number of amides is 1. The molecule has 32 heavy (non-hydrogen) atoms. The number of benzene rings is 2. The van der Waals surface area contributed by atoms with Gasteiger partial charge in [0.1, 0.15) is 6.04 Å². The minimum absolute atomic E-state index is 0.208. The van der Waals surface area contributed by atoms with Crippen molar-refractivity contribution in [2.75, 3.05) is 5.32 Å². The molecule has 1 heterocycles. The third-order valence-electron chi connectivity index (χ3n) is 5.03. The molecule has 0 radical (unpaired) electrons. The number of halogens is 8. The van der Waals surface area contributed by atoms with E-state index in [1.807, 2.05) is 0 Å². The standard InChI is InChI=1S/C20H13F8N3O/c21-14-4-3-11(6-15(14)22)30-18(32)16-7-12(17(31-16)20(26,27)28)9-1-2-10(8-29)13(5-9)19(23,24)25/h1-6,12,16-17,31H,7H2,(H,30,32)/t12?,16-,17+/m0/s1. The Labute approximate surface area is 175 Å². The highest BCUT2D eigenvalue weighted by molar-refractivity contribution is 5.95. The van der Waals surface area contributed by atoms with Crippen LogP contribution in [0.15, 0.2) is 36.4 Å². The summed E-state index contributed by atoms with van der Waals surface area (Å²) in [4.78, 5) is 12.4. The Hall–Kier alpha value is -3.20. The van der Waals surface area contributed by atoms with Gasteiger partial charge in [0, 0.05) is 17.7 Å². The predicted molar refractivity (Wildman–Crippen MR) is 95.3 cm³/mol. The van der Waals surface area contributed by atoms with Gasteiger partial charge in [0.2, 0.25) is 5.91 Å². The molecule has 0 spiro atoms. The van der Waals surface area contributed by atoms with Crippen LogP contribution in [0, 0.1) is 23.0 Å². The molecule has 170 valence electrons. The summed E-state index contributed by atoms with van der Waals surface area (Å²) in [5, 5.41) is 13.1.